The number of aryl methyl sites for hydroxylation is 1. The number of hydrogen-bond donors (Lipinski definition) is 2. The lowest BCUT2D eigenvalue weighted by Crippen LogP contribution is -2.34. The Balaban J connectivity index is 2.92. The van der Waals surface area contributed by atoms with Crippen molar-refractivity contribution in [1.82, 2.24) is 14.3 Å². The first kappa shape index (κ1) is 15.1. The maximum Gasteiger partial charge on any atom is 0.260 e. The molecule has 0 spiro atoms. The van der Waals surface area contributed by atoms with E-state index in [9.17, 15) is 8.42 Å². The average molecular weight is 275 g/mol. The maximum absolute atomic E-state index is 12.3. The van der Waals surface area contributed by atoms with Crippen LogP contribution in [-0.2, 0) is 16.4 Å². The van der Waals surface area contributed by atoms with E-state index in [1.165, 1.54) is 10.5 Å². The molecule has 0 saturated heterocycles. The van der Waals surface area contributed by atoms with Crippen LogP contribution in [0.25, 0.3) is 0 Å². The molecule has 0 unspecified atom stereocenters. The van der Waals surface area contributed by atoms with Crippen LogP contribution in [0.5, 0.6) is 0 Å². The van der Waals surface area contributed by atoms with Gasteiger partial charge in [0.05, 0.1) is 12.8 Å². The molecule has 104 valence electrons. The van der Waals surface area contributed by atoms with Gasteiger partial charge in [-0.15, -0.1) is 0 Å². The molecule has 0 aromatic carbocycles. The Labute approximate surface area is 108 Å². The van der Waals surface area contributed by atoms with Gasteiger partial charge >= 0.3 is 0 Å². The first-order valence-corrected chi connectivity index (χ1v) is 7.65. The Morgan fingerprint density at radius 3 is 2.61 bits per heavy atom. The monoisotopic (exact) mass is 275 g/mol. The summed E-state index contributed by atoms with van der Waals surface area (Å²) < 4.78 is 25.9. The lowest BCUT2D eigenvalue weighted by atomic mass is 10.3. The normalized spacial score (nSPS) is 12.2. The highest BCUT2D eigenvalue weighted by Gasteiger charge is 2.25. The van der Waals surface area contributed by atoms with Gasteiger partial charge in [0.15, 0.2) is 5.03 Å². The standard InChI is InChI=1S/C11H21N3O3S/c1-3-5-6-14(7-8-15)18(16,17)11-9-12-10(4-2)13-11/h9,15H,3-8H2,1-2H3,(H,12,13). The summed E-state index contributed by atoms with van der Waals surface area (Å²) in [6, 6.07) is 0. The summed E-state index contributed by atoms with van der Waals surface area (Å²) >= 11 is 0. The molecule has 0 aliphatic rings. The second kappa shape index (κ2) is 6.86. The van der Waals surface area contributed by atoms with E-state index in [-0.39, 0.29) is 18.2 Å². The Kier molecular flexibility index (Phi) is 5.77. The molecule has 1 heterocycles. The first-order valence-electron chi connectivity index (χ1n) is 6.21. The molecular weight excluding hydrogens is 254 g/mol. The van der Waals surface area contributed by atoms with Gasteiger partial charge in [-0.3, -0.25) is 0 Å². The molecule has 0 fully saturated rings. The number of hydrogen-bond acceptors (Lipinski definition) is 4. The highest BCUT2D eigenvalue weighted by molar-refractivity contribution is 7.89. The molecular formula is C11H21N3O3S. The van der Waals surface area contributed by atoms with Crippen LogP contribution in [0.4, 0.5) is 0 Å². The summed E-state index contributed by atoms with van der Waals surface area (Å²) in [7, 11) is -3.57. The van der Waals surface area contributed by atoms with Crippen LogP contribution in [0.2, 0.25) is 0 Å². The van der Waals surface area contributed by atoms with E-state index in [4.69, 9.17) is 5.11 Å². The van der Waals surface area contributed by atoms with Crippen molar-refractivity contribution in [3.05, 3.63) is 12.0 Å². The molecule has 0 aliphatic heterocycles. The van der Waals surface area contributed by atoms with Crippen LogP contribution in [-0.4, -0.2) is 47.5 Å². The third-order valence-corrected chi connectivity index (χ3v) is 4.48. The predicted octanol–water partition coefficient (Wildman–Crippen LogP) is 0.755. The number of aromatic amines is 1. The minimum absolute atomic E-state index is 0.101. The summed E-state index contributed by atoms with van der Waals surface area (Å²) in [6.07, 6.45) is 3.67. The second-order valence-electron chi connectivity index (χ2n) is 4.03. The van der Waals surface area contributed by atoms with Gasteiger partial charge in [0.1, 0.15) is 5.82 Å². The number of sulfonamides is 1. The summed E-state index contributed by atoms with van der Waals surface area (Å²) in [5.41, 5.74) is 0. The van der Waals surface area contributed by atoms with E-state index in [1.807, 2.05) is 13.8 Å². The fraction of sp³-hybridized carbons (Fsp3) is 0.727. The molecule has 0 atom stereocenters. The molecule has 0 aliphatic carbocycles. The predicted molar refractivity (Wildman–Crippen MR) is 68.7 cm³/mol. The summed E-state index contributed by atoms with van der Waals surface area (Å²) in [5.74, 6) is 0.646. The van der Waals surface area contributed by atoms with Gasteiger partial charge < -0.3 is 10.1 Å². The van der Waals surface area contributed by atoms with E-state index in [0.717, 1.165) is 12.8 Å². The number of aliphatic hydroxyl groups is 1. The number of aromatic nitrogens is 2. The van der Waals surface area contributed by atoms with E-state index in [0.29, 0.717) is 18.8 Å². The van der Waals surface area contributed by atoms with Crippen molar-refractivity contribution in [3.63, 3.8) is 0 Å². The smallest absolute Gasteiger partial charge is 0.260 e. The lowest BCUT2D eigenvalue weighted by Gasteiger charge is -2.19. The topological polar surface area (TPSA) is 86.3 Å². The Morgan fingerprint density at radius 1 is 1.39 bits per heavy atom. The largest absolute Gasteiger partial charge is 0.395 e. The minimum atomic E-state index is -3.57. The average Bonchev–Trinajstić information content (AvgIpc) is 2.83. The number of H-pyrrole nitrogens is 1. The molecule has 0 saturated carbocycles. The van der Waals surface area contributed by atoms with E-state index in [1.54, 1.807) is 0 Å². The number of nitrogens with zero attached hydrogens (tertiary/aromatic N) is 2. The summed E-state index contributed by atoms with van der Waals surface area (Å²) in [5, 5.41) is 9.07. The van der Waals surface area contributed by atoms with Crippen molar-refractivity contribution in [2.45, 2.75) is 38.1 Å². The quantitative estimate of drug-likeness (QED) is 0.733. The number of aliphatic hydroxyl groups excluding tert-OH is 1. The van der Waals surface area contributed by atoms with E-state index in [2.05, 4.69) is 9.97 Å². The third-order valence-electron chi connectivity index (χ3n) is 2.67. The molecule has 1 aromatic heterocycles. The minimum Gasteiger partial charge on any atom is -0.395 e. The number of rotatable bonds is 8. The Bertz CT molecular complexity index is 456. The van der Waals surface area contributed by atoms with Gasteiger partial charge in [-0.25, -0.2) is 13.4 Å². The van der Waals surface area contributed by atoms with E-state index >= 15 is 0 Å². The number of unbranched alkanes of at least 4 members (excludes halogenated alkanes) is 1. The maximum atomic E-state index is 12.3. The van der Waals surface area contributed by atoms with Gasteiger partial charge in [0.25, 0.3) is 10.0 Å². The fourth-order valence-corrected chi connectivity index (χ4v) is 2.99. The molecule has 2 N–H and O–H groups in total. The van der Waals surface area contributed by atoms with Crippen LogP contribution in [0.3, 0.4) is 0 Å². The van der Waals surface area contributed by atoms with Crippen LogP contribution >= 0.6 is 0 Å². The molecule has 1 rings (SSSR count). The van der Waals surface area contributed by atoms with Gasteiger partial charge in [-0.1, -0.05) is 20.3 Å². The highest BCUT2D eigenvalue weighted by Crippen LogP contribution is 2.14. The highest BCUT2D eigenvalue weighted by atomic mass is 32.2. The van der Waals surface area contributed by atoms with Crippen molar-refractivity contribution >= 4 is 10.0 Å². The van der Waals surface area contributed by atoms with Crippen molar-refractivity contribution in [2.24, 2.45) is 0 Å². The molecule has 0 bridgehead atoms. The van der Waals surface area contributed by atoms with Crippen LogP contribution < -0.4 is 0 Å². The van der Waals surface area contributed by atoms with Gasteiger partial charge in [0.2, 0.25) is 0 Å². The van der Waals surface area contributed by atoms with E-state index < -0.39 is 10.0 Å². The molecule has 18 heavy (non-hydrogen) atoms. The van der Waals surface area contributed by atoms with Gasteiger partial charge in [-0.2, -0.15) is 4.31 Å². The zero-order valence-corrected chi connectivity index (χ0v) is 11.7. The summed E-state index contributed by atoms with van der Waals surface area (Å²) in [6.45, 7) is 4.24. The number of nitrogens with one attached hydrogen (secondary N) is 1. The van der Waals surface area contributed by atoms with Crippen LogP contribution in [0.1, 0.15) is 32.5 Å². The lowest BCUT2D eigenvalue weighted by molar-refractivity contribution is 0.252. The number of imidazole rings is 1. The van der Waals surface area contributed by atoms with Gasteiger partial charge in [-0.05, 0) is 6.42 Å². The molecule has 0 amide bonds. The molecule has 7 heteroatoms. The Morgan fingerprint density at radius 2 is 2.11 bits per heavy atom. The molecule has 0 radical (unpaired) electrons. The molecule has 6 nitrogen and oxygen atoms in total. The van der Waals surface area contributed by atoms with Gasteiger partial charge in [0, 0.05) is 19.5 Å². The van der Waals surface area contributed by atoms with Crippen LogP contribution in [0, 0.1) is 0 Å². The zero-order valence-electron chi connectivity index (χ0n) is 10.9. The van der Waals surface area contributed by atoms with Crippen molar-refractivity contribution in [1.29, 1.82) is 0 Å². The molecule has 1 aromatic rings. The van der Waals surface area contributed by atoms with Crippen molar-refractivity contribution in [2.75, 3.05) is 19.7 Å². The first-order chi connectivity index (χ1) is 8.56. The fourth-order valence-electron chi connectivity index (χ4n) is 1.59. The Hall–Kier alpha value is -0.920. The van der Waals surface area contributed by atoms with Crippen LogP contribution in [0.15, 0.2) is 11.2 Å². The third kappa shape index (κ3) is 3.54. The summed E-state index contributed by atoms with van der Waals surface area (Å²) in [4.78, 5) is 6.80. The second-order valence-corrected chi connectivity index (χ2v) is 5.94. The SMILES string of the molecule is CCCCN(CCO)S(=O)(=O)c1cnc(CC)[nH]1. The zero-order chi connectivity index (χ0) is 13.6. The van der Waals surface area contributed by atoms with Crippen molar-refractivity contribution < 1.29 is 13.5 Å². The van der Waals surface area contributed by atoms with Crippen molar-refractivity contribution in [3.8, 4) is 0 Å².